The zero-order valence-electron chi connectivity index (χ0n) is 43.6. The first-order chi connectivity index (χ1) is 35.7. The quantitative estimate of drug-likeness (QED) is 0.0468. The van der Waals surface area contributed by atoms with Gasteiger partial charge in [0.25, 0.3) is 0 Å². The van der Waals surface area contributed by atoms with E-state index in [0.29, 0.717) is 0 Å². The second kappa shape index (κ2) is 23.0. The first-order valence-electron chi connectivity index (χ1n) is 25.2. The SMILES string of the molecule is CC1(C)OB(N(N=C(c2ccccc2)c2ccccc2)P(c2ccccc2)c2ccccc2)OC1(C)C.CC1(C)OB(N(N=C(c2ccccc2)c2ccccc2)P(c2ccccc2)c2ccccc2)OC1(C)C. The molecule has 0 aromatic heterocycles. The van der Waals surface area contributed by atoms with Crippen molar-refractivity contribution in [1.29, 1.82) is 0 Å². The Hall–Kier alpha value is -6.47. The van der Waals surface area contributed by atoms with Crippen LogP contribution >= 0.6 is 16.1 Å². The second-order valence-electron chi connectivity index (χ2n) is 20.1. The summed E-state index contributed by atoms with van der Waals surface area (Å²) in [5.74, 6) is 0. The molecule has 12 heteroatoms. The van der Waals surface area contributed by atoms with E-state index in [1.165, 1.54) is 21.2 Å². The summed E-state index contributed by atoms with van der Waals surface area (Å²) in [5, 5.41) is 15.5. The molecule has 2 fully saturated rings. The summed E-state index contributed by atoms with van der Waals surface area (Å²) in [7, 11) is -3.59. The smallest absolute Gasteiger partial charge is 0.383 e. The van der Waals surface area contributed by atoms with Crippen molar-refractivity contribution in [3.05, 3.63) is 265 Å². The molecule has 0 saturated carbocycles. The lowest BCUT2D eigenvalue weighted by atomic mass is 9.90. The van der Waals surface area contributed by atoms with Gasteiger partial charge in [0.2, 0.25) is 0 Å². The van der Waals surface area contributed by atoms with Gasteiger partial charge in [0.15, 0.2) is 0 Å². The highest BCUT2D eigenvalue weighted by molar-refractivity contribution is 7.72. The predicted octanol–water partition coefficient (Wildman–Crippen LogP) is 12.8. The lowest BCUT2D eigenvalue weighted by Gasteiger charge is -2.32. The van der Waals surface area contributed by atoms with Gasteiger partial charge in [0.05, 0.1) is 50.0 Å². The monoisotopic (exact) mass is 1010 g/mol. The molecule has 2 aliphatic rings. The Morgan fingerprint density at radius 3 is 0.662 bits per heavy atom. The van der Waals surface area contributed by atoms with Gasteiger partial charge in [-0.15, -0.1) is 0 Å². The van der Waals surface area contributed by atoms with Gasteiger partial charge in [-0.2, -0.15) is 10.2 Å². The number of benzene rings is 8. The molecule has 0 N–H and O–H groups in total. The van der Waals surface area contributed by atoms with E-state index in [4.69, 9.17) is 28.8 Å². The van der Waals surface area contributed by atoms with E-state index in [-0.39, 0.29) is 0 Å². The molecule has 8 aromatic carbocycles. The van der Waals surface area contributed by atoms with E-state index in [1.807, 2.05) is 97.1 Å². The molecule has 10 rings (SSSR count). The van der Waals surface area contributed by atoms with Crippen molar-refractivity contribution in [3.8, 4) is 0 Å². The molecule has 0 spiro atoms. The van der Waals surface area contributed by atoms with E-state index in [9.17, 15) is 0 Å². The van der Waals surface area contributed by atoms with Crippen LogP contribution in [0.5, 0.6) is 0 Å². The van der Waals surface area contributed by atoms with E-state index >= 15 is 0 Å². The maximum absolute atomic E-state index is 6.64. The second-order valence-corrected chi connectivity index (χ2v) is 24.2. The fourth-order valence-corrected chi connectivity index (χ4v) is 12.7. The number of hydrogen-bond acceptors (Lipinski definition) is 8. The third kappa shape index (κ3) is 11.9. The Bertz CT molecular complexity index is 2680. The maximum Gasteiger partial charge on any atom is 0.615 e. The van der Waals surface area contributed by atoms with Gasteiger partial charge >= 0.3 is 14.5 Å². The molecule has 74 heavy (non-hydrogen) atoms. The summed E-state index contributed by atoms with van der Waals surface area (Å²) in [5.41, 5.74) is 3.87. The van der Waals surface area contributed by atoms with Crippen molar-refractivity contribution >= 4 is 63.3 Å². The first kappa shape index (κ1) is 52.4. The van der Waals surface area contributed by atoms with E-state index in [2.05, 4.69) is 210 Å². The maximum atomic E-state index is 6.64. The topological polar surface area (TPSA) is 68.1 Å². The lowest BCUT2D eigenvalue weighted by molar-refractivity contribution is 0.00578. The summed E-state index contributed by atoms with van der Waals surface area (Å²) >= 11 is 0. The third-order valence-electron chi connectivity index (χ3n) is 13.9. The van der Waals surface area contributed by atoms with Gasteiger partial charge in [-0.1, -0.05) is 243 Å². The Morgan fingerprint density at radius 2 is 0.473 bits per heavy atom. The third-order valence-corrected chi connectivity index (χ3v) is 18.4. The summed E-state index contributed by atoms with van der Waals surface area (Å²) in [6.45, 7) is 16.6. The van der Waals surface area contributed by atoms with Crippen molar-refractivity contribution in [2.75, 3.05) is 0 Å². The van der Waals surface area contributed by atoms with Gasteiger partial charge in [-0.25, -0.2) is 0 Å². The molecular formula is C62H64B2N4O4P2. The lowest BCUT2D eigenvalue weighted by Crippen LogP contribution is -2.41. The van der Waals surface area contributed by atoms with Crippen LogP contribution in [0.15, 0.2) is 253 Å². The molecule has 2 heterocycles. The molecular weight excluding hydrogens is 948 g/mol. The summed E-state index contributed by atoms with van der Waals surface area (Å²) in [6.07, 6.45) is 0. The van der Waals surface area contributed by atoms with Crippen LogP contribution in [0.2, 0.25) is 0 Å². The number of hydrazone groups is 2. The molecule has 0 atom stereocenters. The Balaban J connectivity index is 0.000000182. The fraction of sp³-hybridized carbons (Fsp3) is 0.194. The number of nitrogens with zero attached hydrogens (tertiary/aromatic N) is 4. The zero-order valence-corrected chi connectivity index (χ0v) is 45.4. The van der Waals surface area contributed by atoms with Gasteiger partial charge in [0.1, 0.15) is 0 Å². The predicted molar refractivity (Wildman–Crippen MR) is 311 cm³/mol. The number of hydrogen-bond donors (Lipinski definition) is 0. The zero-order chi connectivity index (χ0) is 51.8. The Labute approximate surface area is 442 Å². The van der Waals surface area contributed by atoms with Crippen LogP contribution in [0.4, 0.5) is 0 Å². The molecule has 2 aliphatic heterocycles. The van der Waals surface area contributed by atoms with Crippen molar-refractivity contribution in [2.24, 2.45) is 10.2 Å². The summed E-state index contributed by atoms with van der Waals surface area (Å²) in [6, 6.07) is 83.4. The highest BCUT2D eigenvalue weighted by Crippen LogP contribution is 2.48. The van der Waals surface area contributed by atoms with Gasteiger partial charge in [-0.3, -0.25) is 9.38 Å². The van der Waals surface area contributed by atoms with E-state index in [0.717, 1.165) is 33.7 Å². The first-order valence-corrected chi connectivity index (χ1v) is 27.8. The fourth-order valence-electron chi connectivity index (χ4n) is 8.39. The largest absolute Gasteiger partial charge is 0.615 e. The minimum atomic E-state index is -1.13. The molecule has 8 aromatic rings. The van der Waals surface area contributed by atoms with Crippen molar-refractivity contribution in [3.63, 3.8) is 0 Å². The molecule has 0 radical (unpaired) electrons. The van der Waals surface area contributed by atoms with Crippen LogP contribution in [0.3, 0.4) is 0 Å². The van der Waals surface area contributed by atoms with Gasteiger partial charge in [0, 0.05) is 43.5 Å². The van der Waals surface area contributed by atoms with Crippen LogP contribution in [0.1, 0.15) is 77.6 Å². The summed E-state index contributed by atoms with van der Waals surface area (Å²) < 4.78 is 30.7. The van der Waals surface area contributed by atoms with Crippen molar-refractivity contribution < 1.29 is 18.6 Å². The van der Waals surface area contributed by atoms with Crippen LogP contribution in [0.25, 0.3) is 0 Å². The average Bonchev–Trinajstić information content (AvgIpc) is 3.79. The summed E-state index contributed by atoms with van der Waals surface area (Å²) in [4.78, 5) is 0. The molecule has 0 amide bonds. The molecule has 372 valence electrons. The molecule has 2 saturated heterocycles. The average molecular weight is 1010 g/mol. The van der Waals surface area contributed by atoms with E-state index < -0.39 is 53.1 Å². The van der Waals surface area contributed by atoms with Crippen molar-refractivity contribution in [1.82, 2.24) is 9.38 Å². The van der Waals surface area contributed by atoms with Crippen LogP contribution in [-0.2, 0) is 18.6 Å². The molecule has 8 nitrogen and oxygen atoms in total. The molecule has 0 unspecified atom stereocenters. The van der Waals surface area contributed by atoms with Crippen LogP contribution < -0.4 is 21.2 Å². The molecule has 0 aliphatic carbocycles. The molecule has 0 bridgehead atoms. The van der Waals surface area contributed by atoms with Crippen LogP contribution in [-0.4, -0.2) is 57.7 Å². The highest BCUT2D eigenvalue weighted by Gasteiger charge is 2.57. The standard InChI is InChI=1S/2C31H32BN2O2P/c2*1-30(2)31(3,4)36-32(35-30)34(37(27-21-13-7-14-22-27)28-23-15-8-16-24-28)33-29(25-17-9-5-10-18-25)26-19-11-6-12-20-26/h2*5-24H,1-4H3. The number of rotatable bonds is 14. The Kier molecular flexibility index (Phi) is 16.3. The van der Waals surface area contributed by atoms with Crippen molar-refractivity contribution in [2.45, 2.75) is 77.8 Å². The Morgan fingerprint density at radius 1 is 0.297 bits per heavy atom. The van der Waals surface area contributed by atoms with Gasteiger partial charge in [-0.05, 0) is 55.4 Å². The van der Waals surface area contributed by atoms with Gasteiger partial charge < -0.3 is 18.6 Å². The van der Waals surface area contributed by atoms with E-state index in [1.54, 1.807) is 0 Å². The highest BCUT2D eigenvalue weighted by atomic mass is 31.1. The minimum absolute atomic E-state index is 0.501. The minimum Gasteiger partial charge on any atom is -0.383 e. The van der Waals surface area contributed by atoms with Crippen LogP contribution in [0, 0.1) is 0 Å². The normalized spacial score (nSPS) is 16.0.